The van der Waals surface area contributed by atoms with E-state index in [0.29, 0.717) is 31.2 Å². The number of amides is 5. The zero-order valence-electron chi connectivity index (χ0n) is 51.2. The third-order valence-corrected chi connectivity index (χ3v) is 19.9. The number of nitrogens with zero attached hydrogens (tertiary/aromatic N) is 5. The number of aromatic amines is 2. The Hall–Kier alpha value is -6.33. The molecule has 0 radical (unpaired) electrons. The number of benzene rings is 3. The Morgan fingerprint density at radius 3 is 1.51 bits per heavy atom. The van der Waals surface area contributed by atoms with Gasteiger partial charge < -0.3 is 35.1 Å². The maximum absolute atomic E-state index is 14.6. The van der Waals surface area contributed by atoms with Gasteiger partial charge in [-0.2, -0.15) is 0 Å². The second-order valence-corrected chi connectivity index (χ2v) is 27.4. The van der Waals surface area contributed by atoms with Crippen molar-refractivity contribution >= 4 is 51.5 Å². The van der Waals surface area contributed by atoms with Crippen molar-refractivity contribution in [2.24, 2.45) is 16.7 Å². The summed E-state index contributed by atoms with van der Waals surface area (Å²) < 4.78 is 33.5. The Balaban J connectivity index is 0.000000193. The van der Waals surface area contributed by atoms with Gasteiger partial charge in [0.2, 0.25) is 23.6 Å². The van der Waals surface area contributed by atoms with Crippen molar-refractivity contribution in [1.29, 1.82) is 0 Å². The molecule has 6 heterocycles. The second kappa shape index (κ2) is 24.9. The van der Waals surface area contributed by atoms with Crippen LogP contribution in [0.2, 0.25) is 0 Å². The standard InChI is InChI=1S/C37H48FN5O4.C30H43FN4O2/c1-23(41(5)36(46)47-22-24-11-7-6-8-12-24)34(44)40-33(37(2,3)4)35(45)42-18-17-31-32(42)29(21-43(31)26-13-9-10-14-26)28-20-39-30-19-25(38)15-16-27(28)30;1-6-18(2)28(36)33-27(30(3,4)5)29(37)34-14-13-25-26(34)23(17-35(25)20-9-7-8-10-20)22-16-32-24-15-19(31)11-12-21(22)24/h6-8,11-12,15-16,19-20,23,26,29,31-33,39H,9-10,13-14,17-18,21-22H2,1-5H3,(H,40,44);11-12,15-16,18,20,23,25-27,32H,6-10,13-14,17H2,1-5H3,(H,33,36)/t23-,29-,31+,32+,33+;18-,23+,25-,26-,27-/m01/s1. The number of halogens is 2. The summed E-state index contributed by atoms with van der Waals surface area (Å²) >= 11 is 0. The molecule has 3 aromatic carbocycles. The van der Waals surface area contributed by atoms with Gasteiger partial charge in [-0.1, -0.05) is 111 Å². The molecule has 4 N–H and O–H groups in total. The molecular weight excluding hydrogens is 1060 g/mol. The van der Waals surface area contributed by atoms with E-state index in [2.05, 4.69) is 35.3 Å². The molecule has 5 amide bonds. The van der Waals surface area contributed by atoms with Crippen molar-refractivity contribution in [2.45, 2.75) is 206 Å². The summed E-state index contributed by atoms with van der Waals surface area (Å²) in [5.41, 5.74) is 3.69. The number of rotatable bonds is 14. The lowest BCUT2D eigenvalue weighted by Crippen LogP contribution is -2.59. The summed E-state index contributed by atoms with van der Waals surface area (Å²) in [7, 11) is 1.53. The molecule has 2 saturated carbocycles. The zero-order valence-corrected chi connectivity index (χ0v) is 51.2. The number of hydrogen-bond acceptors (Lipinski definition) is 8. The van der Waals surface area contributed by atoms with Crippen LogP contribution in [0.4, 0.5) is 13.6 Å². The summed E-state index contributed by atoms with van der Waals surface area (Å²) in [4.78, 5) is 85.5. The number of hydrogen-bond donors (Lipinski definition) is 4. The van der Waals surface area contributed by atoms with Gasteiger partial charge in [0, 0.05) is 109 Å². The van der Waals surface area contributed by atoms with Gasteiger partial charge in [0.15, 0.2) is 0 Å². The van der Waals surface area contributed by atoms with E-state index in [1.54, 1.807) is 13.0 Å². The van der Waals surface area contributed by atoms with Crippen LogP contribution in [0.15, 0.2) is 79.1 Å². The molecule has 4 saturated heterocycles. The highest BCUT2D eigenvalue weighted by molar-refractivity contribution is 5.93. The fourth-order valence-electron chi connectivity index (χ4n) is 15.0. The maximum Gasteiger partial charge on any atom is 0.410 e. The molecule has 4 aliphatic heterocycles. The third kappa shape index (κ3) is 12.4. The van der Waals surface area contributed by atoms with Gasteiger partial charge in [-0.25, -0.2) is 13.6 Å². The molecule has 0 spiro atoms. The molecule has 2 aromatic heterocycles. The van der Waals surface area contributed by atoms with E-state index in [9.17, 15) is 32.8 Å². The second-order valence-electron chi connectivity index (χ2n) is 27.4. The van der Waals surface area contributed by atoms with Gasteiger partial charge in [0.25, 0.3) is 0 Å². The predicted octanol–water partition coefficient (Wildman–Crippen LogP) is 11.0. The van der Waals surface area contributed by atoms with Gasteiger partial charge in [0.05, 0.1) is 12.1 Å². The van der Waals surface area contributed by atoms with E-state index < -0.39 is 41.0 Å². The molecular formula is C67H91F2N9O6. The Labute approximate surface area is 495 Å². The highest BCUT2D eigenvalue weighted by atomic mass is 19.1. The number of ether oxygens (including phenoxy) is 1. The smallest absolute Gasteiger partial charge is 0.410 e. The van der Waals surface area contributed by atoms with Crippen LogP contribution in [0.5, 0.6) is 0 Å². The van der Waals surface area contributed by atoms with Crippen LogP contribution in [0, 0.1) is 28.4 Å². The van der Waals surface area contributed by atoms with Crippen molar-refractivity contribution in [1.82, 2.24) is 45.1 Å². The molecule has 0 unspecified atom stereocenters. The number of nitrogens with one attached hydrogen (secondary N) is 4. The SMILES string of the molecule is CC[C@@H](C)C(=O)N[C@H](C(=O)N1CC[C@@H]2[C@H]1[C@H](c1c[nH]c3cc(F)ccc13)CN2C1CCCC1)C(C)(C)C.C[C@@H](C(=O)N[C@H](C(=O)N1CC[C@@H]2[C@H]1[C@H](c1c[nH]c3cc(F)ccc13)CN2C1CCCC1)C(C)(C)C)N(C)C(=O)OCc1ccccc1. The first-order valence-electron chi connectivity index (χ1n) is 31.2. The zero-order chi connectivity index (χ0) is 59.9. The minimum Gasteiger partial charge on any atom is -0.445 e. The summed E-state index contributed by atoms with van der Waals surface area (Å²) in [5.74, 6) is -1.02. The molecule has 15 nitrogen and oxygen atoms in total. The Bertz CT molecular complexity index is 3160. The molecule has 6 fully saturated rings. The topological polar surface area (TPSA) is 166 Å². The molecule has 10 atom stereocenters. The summed E-state index contributed by atoms with van der Waals surface area (Å²) in [6.07, 6.45) is 15.7. The highest BCUT2D eigenvalue weighted by Gasteiger charge is 2.56. The van der Waals surface area contributed by atoms with Crippen molar-refractivity contribution in [2.75, 3.05) is 33.2 Å². The van der Waals surface area contributed by atoms with Gasteiger partial charge in [-0.15, -0.1) is 0 Å². The Morgan fingerprint density at radius 2 is 1.08 bits per heavy atom. The molecule has 5 aromatic rings. The maximum atomic E-state index is 14.6. The largest absolute Gasteiger partial charge is 0.445 e. The lowest BCUT2D eigenvalue weighted by Gasteiger charge is -2.38. The lowest BCUT2D eigenvalue weighted by molar-refractivity contribution is -0.141. The molecule has 17 heteroatoms. The van der Waals surface area contributed by atoms with E-state index in [1.807, 2.05) is 115 Å². The lowest BCUT2D eigenvalue weighted by atomic mass is 9.84. The number of carbonyl (C=O) groups excluding carboxylic acids is 5. The van der Waals surface area contributed by atoms with E-state index >= 15 is 0 Å². The molecule has 0 bridgehead atoms. The van der Waals surface area contributed by atoms with Crippen LogP contribution in [-0.4, -0.2) is 152 Å². The first kappa shape index (κ1) is 60.8. The normalized spacial score (nSPS) is 24.6. The summed E-state index contributed by atoms with van der Waals surface area (Å²) in [6.45, 7) is 20.7. The number of aromatic nitrogens is 2. The van der Waals surface area contributed by atoms with Crippen molar-refractivity contribution in [3.05, 3.63) is 107 Å². The minimum absolute atomic E-state index is 0.0285. The van der Waals surface area contributed by atoms with Gasteiger partial charge in [0.1, 0.15) is 36.4 Å². The van der Waals surface area contributed by atoms with Crippen molar-refractivity contribution < 1.29 is 37.5 Å². The van der Waals surface area contributed by atoms with Crippen LogP contribution < -0.4 is 10.6 Å². The molecule has 454 valence electrons. The quantitative estimate of drug-likeness (QED) is 0.0853. The highest BCUT2D eigenvalue weighted by Crippen LogP contribution is 2.48. The molecule has 84 heavy (non-hydrogen) atoms. The van der Waals surface area contributed by atoms with E-state index in [4.69, 9.17) is 4.74 Å². The van der Waals surface area contributed by atoms with Crippen molar-refractivity contribution in [3.63, 3.8) is 0 Å². The average molecular weight is 1160 g/mol. The third-order valence-electron chi connectivity index (χ3n) is 19.9. The van der Waals surface area contributed by atoms with E-state index in [-0.39, 0.29) is 71.8 Å². The predicted molar refractivity (Wildman–Crippen MR) is 324 cm³/mol. The minimum atomic E-state index is -0.856. The van der Waals surface area contributed by atoms with Crippen LogP contribution in [0.1, 0.15) is 161 Å². The van der Waals surface area contributed by atoms with E-state index in [1.165, 1.54) is 87.1 Å². The van der Waals surface area contributed by atoms with Crippen LogP contribution in [-0.2, 0) is 30.5 Å². The van der Waals surface area contributed by atoms with Gasteiger partial charge in [-0.05, 0) is 116 Å². The van der Waals surface area contributed by atoms with Gasteiger partial charge in [-0.3, -0.25) is 33.9 Å². The van der Waals surface area contributed by atoms with Crippen LogP contribution >= 0.6 is 0 Å². The van der Waals surface area contributed by atoms with Crippen LogP contribution in [0.25, 0.3) is 21.8 Å². The number of likely N-dealkylation sites (N-methyl/N-ethyl adjacent to an activating group) is 1. The molecule has 6 aliphatic rings. The number of carbonyl (C=O) groups is 5. The monoisotopic (exact) mass is 1160 g/mol. The first-order valence-corrected chi connectivity index (χ1v) is 31.2. The number of likely N-dealkylation sites (tertiary alicyclic amines) is 4. The first-order chi connectivity index (χ1) is 40.0. The van der Waals surface area contributed by atoms with Crippen LogP contribution in [0.3, 0.4) is 0 Å². The Kier molecular flexibility index (Phi) is 18.0. The fourth-order valence-corrected chi connectivity index (χ4v) is 15.0. The van der Waals surface area contributed by atoms with Crippen molar-refractivity contribution in [3.8, 4) is 0 Å². The Morgan fingerprint density at radius 1 is 0.643 bits per heavy atom. The average Bonchev–Trinajstić information content (AvgIpc) is 1.78. The number of fused-ring (bicyclic) bond motifs is 4. The molecule has 11 rings (SSSR count). The fraction of sp³-hybridized carbons (Fsp3) is 0.597. The number of H-pyrrole nitrogens is 2. The summed E-state index contributed by atoms with van der Waals surface area (Å²) in [6, 6.07) is 18.5. The molecule has 2 aliphatic carbocycles. The van der Waals surface area contributed by atoms with Gasteiger partial charge >= 0.3 is 6.09 Å². The van der Waals surface area contributed by atoms with E-state index in [0.717, 1.165) is 65.3 Å². The summed E-state index contributed by atoms with van der Waals surface area (Å²) in [5, 5.41) is 8.18.